The van der Waals surface area contributed by atoms with Crippen molar-refractivity contribution in [1.82, 2.24) is 9.97 Å². The van der Waals surface area contributed by atoms with E-state index in [2.05, 4.69) is 91.0 Å². The highest BCUT2D eigenvalue weighted by molar-refractivity contribution is 7.25. The Morgan fingerprint density at radius 1 is 0.515 bits per heavy atom. The van der Waals surface area contributed by atoms with Gasteiger partial charge in [0.25, 0.3) is 0 Å². The molecule has 0 saturated carbocycles. The number of fused-ring (bicyclic) bond motifs is 6. The molecule has 7 aromatic rings. The lowest BCUT2D eigenvalue weighted by molar-refractivity contribution is 1.24. The van der Waals surface area contributed by atoms with Crippen LogP contribution in [0.25, 0.3) is 64.5 Å². The molecule has 0 unspecified atom stereocenters. The van der Waals surface area contributed by atoms with Crippen LogP contribution in [-0.4, -0.2) is 9.97 Å². The Morgan fingerprint density at radius 2 is 1.27 bits per heavy atom. The van der Waals surface area contributed by atoms with Crippen LogP contribution < -0.4 is 0 Å². The molecule has 154 valence electrons. The maximum Gasteiger partial charge on any atom is 0.160 e. The average molecular weight is 439 g/mol. The topological polar surface area (TPSA) is 25.8 Å². The minimum atomic E-state index is 0.756. The third-order valence-electron chi connectivity index (χ3n) is 6.28. The van der Waals surface area contributed by atoms with Gasteiger partial charge in [-0.2, -0.15) is 0 Å². The Balaban J connectivity index is 1.66. The van der Waals surface area contributed by atoms with Crippen LogP contribution in [0.4, 0.5) is 0 Å². The maximum atomic E-state index is 5.18. The van der Waals surface area contributed by atoms with Crippen LogP contribution in [0.15, 0.2) is 109 Å². The molecule has 0 saturated heterocycles. The summed E-state index contributed by atoms with van der Waals surface area (Å²) >= 11 is 1.84. The molecule has 2 nitrogen and oxygen atoms in total. The van der Waals surface area contributed by atoms with Crippen molar-refractivity contribution < 1.29 is 0 Å². The highest BCUT2D eigenvalue weighted by Crippen LogP contribution is 2.42. The number of aromatic nitrogens is 2. The monoisotopic (exact) mass is 438 g/mol. The number of hydrogen-bond acceptors (Lipinski definition) is 3. The van der Waals surface area contributed by atoms with E-state index in [1.165, 1.54) is 25.6 Å². The normalized spacial score (nSPS) is 11.6. The molecular formula is C30H18N2S. The molecular weight excluding hydrogens is 420 g/mol. The van der Waals surface area contributed by atoms with Gasteiger partial charge in [0.2, 0.25) is 0 Å². The zero-order chi connectivity index (χ0) is 21.8. The van der Waals surface area contributed by atoms with E-state index < -0.39 is 0 Å². The summed E-state index contributed by atoms with van der Waals surface area (Å²) in [6.45, 7) is 0. The third-order valence-corrected chi connectivity index (χ3v) is 7.42. The molecule has 0 amide bonds. The molecule has 0 aliphatic rings. The third kappa shape index (κ3) is 2.86. The largest absolute Gasteiger partial charge is 0.227 e. The van der Waals surface area contributed by atoms with Crippen molar-refractivity contribution in [1.29, 1.82) is 0 Å². The van der Waals surface area contributed by atoms with Gasteiger partial charge in [-0.25, -0.2) is 9.97 Å². The first-order valence-electron chi connectivity index (χ1n) is 11.0. The van der Waals surface area contributed by atoms with Crippen molar-refractivity contribution in [2.45, 2.75) is 0 Å². The molecule has 5 aromatic carbocycles. The zero-order valence-corrected chi connectivity index (χ0v) is 18.5. The van der Waals surface area contributed by atoms with Crippen molar-refractivity contribution in [2.24, 2.45) is 0 Å². The van der Waals surface area contributed by atoms with Crippen molar-refractivity contribution >= 4 is 53.2 Å². The molecule has 0 spiro atoms. The fraction of sp³-hybridized carbons (Fsp3) is 0. The number of thiophene rings is 1. The Morgan fingerprint density at radius 3 is 2.18 bits per heavy atom. The molecule has 7 rings (SSSR count). The van der Waals surface area contributed by atoms with Gasteiger partial charge in [0.15, 0.2) is 5.82 Å². The van der Waals surface area contributed by atoms with Gasteiger partial charge in [0.1, 0.15) is 0 Å². The van der Waals surface area contributed by atoms with Gasteiger partial charge in [-0.05, 0) is 23.6 Å². The van der Waals surface area contributed by atoms with Crippen LogP contribution in [-0.2, 0) is 0 Å². The molecule has 0 radical (unpaired) electrons. The molecule has 3 heteroatoms. The van der Waals surface area contributed by atoms with Crippen LogP contribution in [0.5, 0.6) is 0 Å². The fourth-order valence-corrected chi connectivity index (χ4v) is 5.89. The average Bonchev–Trinajstić information content (AvgIpc) is 3.27. The Labute approximate surface area is 194 Å². The van der Waals surface area contributed by atoms with E-state index in [4.69, 9.17) is 9.97 Å². The maximum absolute atomic E-state index is 5.18. The summed E-state index contributed by atoms with van der Waals surface area (Å²) in [5.74, 6) is 0.756. The van der Waals surface area contributed by atoms with Crippen LogP contribution in [0.1, 0.15) is 0 Å². The Kier molecular flexibility index (Phi) is 4.05. The van der Waals surface area contributed by atoms with Gasteiger partial charge in [-0.1, -0.05) is 91.0 Å². The molecule has 0 aliphatic carbocycles. The second-order valence-electron chi connectivity index (χ2n) is 8.22. The standard InChI is InChI=1S/C30H18N2S/c1-2-10-20(11-3-1)30-31-28-21-12-5-4-9-19(21)17-18-24(28)29(32-30)23-14-8-16-26-27(23)22-13-6-7-15-25(22)33-26/h1-18H. The molecule has 0 N–H and O–H groups in total. The molecule has 0 aliphatic heterocycles. The Bertz CT molecular complexity index is 1820. The lowest BCUT2D eigenvalue weighted by Crippen LogP contribution is -1.96. The fourth-order valence-electron chi connectivity index (χ4n) is 4.76. The molecule has 2 heterocycles. The summed E-state index contributed by atoms with van der Waals surface area (Å²) in [5.41, 5.74) is 4.16. The van der Waals surface area contributed by atoms with Crippen LogP contribution in [0.3, 0.4) is 0 Å². The van der Waals surface area contributed by atoms with Crippen LogP contribution in [0.2, 0.25) is 0 Å². The molecule has 2 aromatic heterocycles. The predicted octanol–water partition coefficient (Wildman–Crippen LogP) is 8.48. The second-order valence-corrected chi connectivity index (χ2v) is 9.31. The van der Waals surface area contributed by atoms with Gasteiger partial charge in [0.05, 0.1) is 11.2 Å². The predicted molar refractivity (Wildman–Crippen MR) is 141 cm³/mol. The number of hydrogen-bond donors (Lipinski definition) is 0. The highest BCUT2D eigenvalue weighted by atomic mass is 32.1. The van der Waals surface area contributed by atoms with Crippen LogP contribution >= 0.6 is 11.3 Å². The van der Waals surface area contributed by atoms with E-state index in [0.717, 1.165) is 38.9 Å². The van der Waals surface area contributed by atoms with Crippen molar-refractivity contribution in [3.63, 3.8) is 0 Å². The second kappa shape index (κ2) is 7.22. The SMILES string of the molecule is c1ccc(-c2nc(-c3cccc4sc5ccccc5c34)c3ccc4ccccc4c3n2)cc1. The van der Waals surface area contributed by atoms with Crippen molar-refractivity contribution in [3.8, 4) is 22.6 Å². The molecule has 33 heavy (non-hydrogen) atoms. The highest BCUT2D eigenvalue weighted by Gasteiger charge is 2.17. The smallest absolute Gasteiger partial charge is 0.160 e. The van der Waals surface area contributed by atoms with E-state index in [0.29, 0.717) is 0 Å². The van der Waals surface area contributed by atoms with Crippen molar-refractivity contribution in [2.75, 3.05) is 0 Å². The van der Waals surface area contributed by atoms with E-state index in [-0.39, 0.29) is 0 Å². The Hall–Kier alpha value is -4.08. The molecule has 0 atom stereocenters. The summed E-state index contributed by atoms with van der Waals surface area (Å²) in [4.78, 5) is 10.3. The summed E-state index contributed by atoms with van der Waals surface area (Å²) in [7, 11) is 0. The van der Waals surface area contributed by atoms with Crippen LogP contribution in [0, 0.1) is 0 Å². The van der Waals surface area contributed by atoms with Gasteiger partial charge in [-0.15, -0.1) is 11.3 Å². The van der Waals surface area contributed by atoms with Crippen molar-refractivity contribution in [3.05, 3.63) is 109 Å². The van der Waals surface area contributed by atoms with E-state index in [9.17, 15) is 0 Å². The van der Waals surface area contributed by atoms with Gasteiger partial charge >= 0.3 is 0 Å². The minimum Gasteiger partial charge on any atom is -0.227 e. The minimum absolute atomic E-state index is 0.756. The van der Waals surface area contributed by atoms with E-state index in [1.807, 2.05) is 29.5 Å². The molecule has 0 bridgehead atoms. The number of benzene rings is 5. The summed E-state index contributed by atoms with van der Waals surface area (Å²) in [5, 5.41) is 5.97. The molecule has 0 fully saturated rings. The quantitative estimate of drug-likeness (QED) is 0.253. The van der Waals surface area contributed by atoms with Gasteiger partial charge in [-0.3, -0.25) is 0 Å². The lowest BCUT2D eigenvalue weighted by atomic mass is 9.98. The van der Waals surface area contributed by atoms with Gasteiger partial charge in [0, 0.05) is 42.1 Å². The summed E-state index contributed by atoms with van der Waals surface area (Å²) in [6.07, 6.45) is 0. The first kappa shape index (κ1) is 18.5. The summed E-state index contributed by atoms with van der Waals surface area (Å²) < 4.78 is 2.58. The number of rotatable bonds is 2. The first-order chi connectivity index (χ1) is 16.4. The zero-order valence-electron chi connectivity index (χ0n) is 17.7. The van der Waals surface area contributed by atoms with E-state index in [1.54, 1.807) is 0 Å². The summed E-state index contributed by atoms with van der Waals surface area (Å²) in [6, 6.07) is 38.3. The number of nitrogens with zero attached hydrogens (tertiary/aromatic N) is 2. The lowest BCUT2D eigenvalue weighted by Gasteiger charge is -2.12. The van der Waals surface area contributed by atoms with Gasteiger partial charge < -0.3 is 0 Å². The first-order valence-corrected chi connectivity index (χ1v) is 11.8. The van der Waals surface area contributed by atoms with E-state index >= 15 is 0 Å².